The van der Waals surface area contributed by atoms with E-state index in [1.54, 1.807) is 6.07 Å². The van der Waals surface area contributed by atoms with Gasteiger partial charge in [-0.3, -0.25) is 10.1 Å². The van der Waals surface area contributed by atoms with Gasteiger partial charge in [-0.05, 0) is 31.9 Å². The summed E-state index contributed by atoms with van der Waals surface area (Å²) < 4.78 is 2.44. The maximum atomic E-state index is 10.7. The van der Waals surface area contributed by atoms with Crippen LogP contribution in [0, 0.1) is 10.1 Å². The smallest absolute Gasteiger partial charge is 0.258 e. The zero-order valence-electron chi connectivity index (χ0n) is 6.66. The molecule has 0 unspecified atom stereocenters. The molecule has 0 amide bonds. The SMILES string of the molecule is O=[N+]([O-])c1cccc2c(Br)c(Br)sc12. The Balaban J connectivity index is 2.88. The van der Waals surface area contributed by atoms with E-state index in [2.05, 4.69) is 31.9 Å². The molecule has 0 atom stereocenters. The van der Waals surface area contributed by atoms with Gasteiger partial charge in [0.15, 0.2) is 0 Å². The summed E-state index contributed by atoms with van der Waals surface area (Å²) in [4.78, 5) is 10.4. The van der Waals surface area contributed by atoms with Crippen molar-refractivity contribution in [2.45, 2.75) is 0 Å². The zero-order valence-corrected chi connectivity index (χ0v) is 10.6. The van der Waals surface area contributed by atoms with E-state index in [0.29, 0.717) is 4.70 Å². The first-order chi connectivity index (χ1) is 6.61. The molecule has 0 spiro atoms. The number of rotatable bonds is 1. The summed E-state index contributed by atoms with van der Waals surface area (Å²) in [5.74, 6) is 0. The number of nitrogens with zero attached hydrogens (tertiary/aromatic N) is 1. The first kappa shape index (κ1) is 10.1. The fourth-order valence-corrected chi connectivity index (χ4v) is 3.50. The molecule has 0 aliphatic heterocycles. The quantitative estimate of drug-likeness (QED) is 0.574. The second-order valence-corrected chi connectivity index (χ2v) is 5.73. The maximum absolute atomic E-state index is 10.7. The molecule has 1 aromatic heterocycles. The van der Waals surface area contributed by atoms with Crippen LogP contribution in [-0.2, 0) is 0 Å². The van der Waals surface area contributed by atoms with Gasteiger partial charge in [-0.2, -0.15) is 0 Å². The lowest BCUT2D eigenvalue weighted by Crippen LogP contribution is -1.86. The summed E-state index contributed by atoms with van der Waals surface area (Å²) in [5, 5.41) is 11.6. The molecule has 14 heavy (non-hydrogen) atoms. The highest BCUT2D eigenvalue weighted by Crippen LogP contribution is 2.42. The molecular formula is C8H3Br2NO2S. The van der Waals surface area contributed by atoms with Crippen molar-refractivity contribution in [2.75, 3.05) is 0 Å². The molecule has 2 rings (SSSR count). The highest BCUT2D eigenvalue weighted by Gasteiger charge is 2.16. The van der Waals surface area contributed by atoms with Gasteiger partial charge in [-0.15, -0.1) is 11.3 Å². The molecule has 0 N–H and O–H groups in total. The van der Waals surface area contributed by atoms with Gasteiger partial charge in [0.1, 0.15) is 4.70 Å². The number of non-ortho nitro benzene ring substituents is 1. The minimum absolute atomic E-state index is 0.152. The Kier molecular flexibility index (Phi) is 2.59. The topological polar surface area (TPSA) is 43.1 Å². The number of thiophene rings is 1. The van der Waals surface area contributed by atoms with Crippen LogP contribution in [-0.4, -0.2) is 4.92 Å². The van der Waals surface area contributed by atoms with Crippen LogP contribution < -0.4 is 0 Å². The molecule has 6 heteroatoms. The standard InChI is InChI=1S/C8H3Br2NO2S/c9-6-4-2-1-3-5(11(12)13)7(4)14-8(6)10/h1-3H. The van der Waals surface area contributed by atoms with E-state index in [1.807, 2.05) is 6.07 Å². The van der Waals surface area contributed by atoms with Crippen LogP contribution in [0.4, 0.5) is 5.69 Å². The van der Waals surface area contributed by atoms with Gasteiger partial charge in [0.2, 0.25) is 0 Å². The van der Waals surface area contributed by atoms with E-state index in [9.17, 15) is 10.1 Å². The Morgan fingerprint density at radius 1 is 1.36 bits per heavy atom. The van der Waals surface area contributed by atoms with Gasteiger partial charge >= 0.3 is 0 Å². The number of halogens is 2. The third-order valence-electron chi connectivity index (χ3n) is 1.79. The third kappa shape index (κ3) is 1.47. The van der Waals surface area contributed by atoms with Crippen molar-refractivity contribution in [2.24, 2.45) is 0 Å². The Labute approximate surface area is 100 Å². The number of hydrogen-bond donors (Lipinski definition) is 0. The van der Waals surface area contributed by atoms with Crippen LogP contribution in [0.3, 0.4) is 0 Å². The molecule has 1 heterocycles. The molecule has 0 fully saturated rings. The van der Waals surface area contributed by atoms with Crippen LogP contribution in [0.5, 0.6) is 0 Å². The molecule has 0 saturated heterocycles. The molecule has 0 saturated carbocycles. The van der Waals surface area contributed by atoms with E-state index in [0.717, 1.165) is 13.6 Å². The van der Waals surface area contributed by atoms with Crippen LogP contribution in [0.2, 0.25) is 0 Å². The summed E-state index contributed by atoms with van der Waals surface area (Å²) in [6.45, 7) is 0. The van der Waals surface area contributed by atoms with Crippen LogP contribution in [0.15, 0.2) is 26.5 Å². The van der Waals surface area contributed by atoms with Crippen molar-refractivity contribution in [1.29, 1.82) is 0 Å². The lowest BCUT2D eigenvalue weighted by molar-refractivity contribution is -0.382. The zero-order chi connectivity index (χ0) is 10.3. The highest BCUT2D eigenvalue weighted by atomic mass is 79.9. The van der Waals surface area contributed by atoms with Crippen LogP contribution >= 0.6 is 43.2 Å². The van der Waals surface area contributed by atoms with Crippen molar-refractivity contribution < 1.29 is 4.92 Å². The Morgan fingerprint density at radius 3 is 2.71 bits per heavy atom. The fourth-order valence-electron chi connectivity index (χ4n) is 1.19. The molecule has 0 aliphatic rings. The summed E-state index contributed by atoms with van der Waals surface area (Å²) >= 11 is 8.08. The predicted octanol–water partition coefficient (Wildman–Crippen LogP) is 4.33. The van der Waals surface area contributed by atoms with E-state index >= 15 is 0 Å². The first-order valence-electron chi connectivity index (χ1n) is 3.62. The van der Waals surface area contributed by atoms with Gasteiger partial charge in [0.05, 0.1) is 13.2 Å². The van der Waals surface area contributed by atoms with Crippen LogP contribution in [0.1, 0.15) is 0 Å². The lowest BCUT2D eigenvalue weighted by Gasteiger charge is -1.92. The van der Waals surface area contributed by atoms with Crippen molar-refractivity contribution >= 4 is 59.0 Å². The predicted molar refractivity (Wildman–Crippen MR) is 63.9 cm³/mol. The van der Waals surface area contributed by atoms with Crippen molar-refractivity contribution in [1.82, 2.24) is 0 Å². The van der Waals surface area contributed by atoms with Crippen molar-refractivity contribution in [3.05, 3.63) is 36.6 Å². The molecule has 0 radical (unpaired) electrons. The first-order valence-corrected chi connectivity index (χ1v) is 6.02. The molecule has 3 nitrogen and oxygen atoms in total. The number of benzene rings is 1. The van der Waals surface area contributed by atoms with E-state index in [1.165, 1.54) is 17.4 Å². The van der Waals surface area contributed by atoms with Gasteiger partial charge in [-0.1, -0.05) is 12.1 Å². The van der Waals surface area contributed by atoms with Crippen molar-refractivity contribution in [3.63, 3.8) is 0 Å². The number of nitro benzene ring substituents is 1. The summed E-state index contributed by atoms with van der Waals surface area (Å²) in [6.07, 6.45) is 0. The summed E-state index contributed by atoms with van der Waals surface area (Å²) in [6, 6.07) is 5.05. The highest BCUT2D eigenvalue weighted by molar-refractivity contribution is 9.13. The Hall–Kier alpha value is -0.460. The third-order valence-corrected chi connectivity index (χ3v) is 5.31. The van der Waals surface area contributed by atoms with Gasteiger partial charge in [0.25, 0.3) is 5.69 Å². The van der Waals surface area contributed by atoms with Gasteiger partial charge in [0, 0.05) is 11.5 Å². The molecule has 72 valence electrons. The number of fused-ring (bicyclic) bond motifs is 1. The summed E-state index contributed by atoms with van der Waals surface area (Å²) in [5.41, 5.74) is 0.152. The minimum atomic E-state index is -0.363. The minimum Gasteiger partial charge on any atom is -0.258 e. The molecular weight excluding hydrogens is 334 g/mol. The normalized spacial score (nSPS) is 10.7. The molecule has 2 aromatic rings. The second-order valence-electron chi connectivity index (χ2n) is 2.60. The number of nitro groups is 1. The Morgan fingerprint density at radius 2 is 2.07 bits per heavy atom. The average molecular weight is 337 g/mol. The van der Waals surface area contributed by atoms with E-state index < -0.39 is 0 Å². The van der Waals surface area contributed by atoms with Crippen LogP contribution in [0.25, 0.3) is 10.1 Å². The van der Waals surface area contributed by atoms with Crippen molar-refractivity contribution in [3.8, 4) is 0 Å². The summed E-state index contributed by atoms with van der Waals surface area (Å²) in [7, 11) is 0. The maximum Gasteiger partial charge on any atom is 0.287 e. The molecule has 0 bridgehead atoms. The molecule has 1 aromatic carbocycles. The molecule has 0 aliphatic carbocycles. The second kappa shape index (κ2) is 3.60. The lowest BCUT2D eigenvalue weighted by atomic mass is 10.2. The van der Waals surface area contributed by atoms with Gasteiger partial charge in [-0.25, -0.2) is 0 Å². The monoisotopic (exact) mass is 335 g/mol. The Bertz CT molecular complexity index is 523. The van der Waals surface area contributed by atoms with E-state index in [4.69, 9.17) is 0 Å². The van der Waals surface area contributed by atoms with E-state index in [-0.39, 0.29) is 10.6 Å². The number of hydrogen-bond acceptors (Lipinski definition) is 3. The fraction of sp³-hybridized carbons (Fsp3) is 0. The largest absolute Gasteiger partial charge is 0.287 e. The average Bonchev–Trinajstić information content (AvgIpc) is 2.43. The van der Waals surface area contributed by atoms with Gasteiger partial charge < -0.3 is 0 Å².